The average molecular weight is 299 g/mol. The summed E-state index contributed by atoms with van der Waals surface area (Å²) in [7, 11) is -1.92. The van der Waals surface area contributed by atoms with E-state index in [1.807, 2.05) is 13.8 Å². The van der Waals surface area contributed by atoms with Crippen molar-refractivity contribution in [1.82, 2.24) is 0 Å². The topological polar surface area (TPSA) is 67.2 Å². The van der Waals surface area contributed by atoms with Crippen molar-refractivity contribution >= 4 is 8.32 Å². The first-order valence-corrected chi connectivity index (χ1v) is 10.3. The molecule has 116 valence electrons. The van der Waals surface area contributed by atoms with E-state index in [0.717, 1.165) is 0 Å². The van der Waals surface area contributed by atoms with Crippen LogP contribution in [0.25, 0.3) is 10.4 Å². The fourth-order valence-electron chi connectivity index (χ4n) is 2.31. The predicted molar refractivity (Wildman–Crippen MR) is 84.2 cm³/mol. The Morgan fingerprint density at radius 2 is 1.70 bits per heavy atom. The molecule has 20 heavy (non-hydrogen) atoms. The van der Waals surface area contributed by atoms with Gasteiger partial charge in [-0.2, -0.15) is 0 Å². The maximum Gasteiger partial charge on any atom is 0.192 e. The van der Waals surface area contributed by atoms with Crippen molar-refractivity contribution < 1.29 is 9.16 Å². The van der Waals surface area contributed by atoms with E-state index in [9.17, 15) is 0 Å². The molecule has 0 amide bonds. The maximum absolute atomic E-state index is 8.86. The van der Waals surface area contributed by atoms with Gasteiger partial charge in [0.25, 0.3) is 0 Å². The van der Waals surface area contributed by atoms with Gasteiger partial charge in [-0.15, -0.1) is 0 Å². The van der Waals surface area contributed by atoms with Crippen molar-refractivity contribution in [3.8, 4) is 0 Å². The summed E-state index contributed by atoms with van der Waals surface area (Å²) in [6.07, 6.45) is -0.122. The Morgan fingerprint density at radius 3 is 2.15 bits per heavy atom. The number of azide groups is 1. The molecule has 5 nitrogen and oxygen atoms in total. The van der Waals surface area contributed by atoms with Gasteiger partial charge >= 0.3 is 0 Å². The minimum Gasteiger partial charge on any atom is -0.411 e. The number of ether oxygens (including phenoxy) is 1. The van der Waals surface area contributed by atoms with E-state index in [-0.39, 0.29) is 35.3 Å². The highest BCUT2D eigenvalue weighted by atomic mass is 28.4. The second-order valence-electron chi connectivity index (χ2n) is 7.44. The largest absolute Gasteiger partial charge is 0.411 e. The third kappa shape index (κ3) is 3.55. The van der Waals surface area contributed by atoms with Crippen LogP contribution in [-0.2, 0) is 9.16 Å². The van der Waals surface area contributed by atoms with Crippen LogP contribution in [0.15, 0.2) is 5.11 Å². The lowest BCUT2D eigenvalue weighted by atomic mass is 9.87. The Hall–Kier alpha value is -0.553. The fraction of sp³-hybridized carbons (Fsp3) is 1.00. The van der Waals surface area contributed by atoms with E-state index in [2.05, 4.69) is 50.8 Å². The molecule has 1 aliphatic heterocycles. The molecule has 1 fully saturated rings. The van der Waals surface area contributed by atoms with Gasteiger partial charge in [0.2, 0.25) is 0 Å². The van der Waals surface area contributed by atoms with Crippen LogP contribution in [0.3, 0.4) is 0 Å². The van der Waals surface area contributed by atoms with Crippen LogP contribution in [0.4, 0.5) is 0 Å². The molecular formula is C14H29N3O2Si. The van der Waals surface area contributed by atoms with E-state index in [1.165, 1.54) is 0 Å². The van der Waals surface area contributed by atoms with Crippen LogP contribution in [0.5, 0.6) is 0 Å². The van der Waals surface area contributed by atoms with Gasteiger partial charge in [0.15, 0.2) is 8.32 Å². The van der Waals surface area contributed by atoms with Gasteiger partial charge in [-0.05, 0) is 43.4 Å². The lowest BCUT2D eigenvalue weighted by Crippen LogP contribution is -2.57. The number of hydrogen-bond acceptors (Lipinski definition) is 3. The molecule has 0 unspecified atom stereocenters. The lowest BCUT2D eigenvalue weighted by molar-refractivity contribution is -0.131. The average Bonchev–Trinajstić information content (AvgIpc) is 2.29. The predicted octanol–water partition coefficient (Wildman–Crippen LogP) is 4.50. The van der Waals surface area contributed by atoms with E-state index < -0.39 is 8.32 Å². The van der Waals surface area contributed by atoms with Crippen molar-refractivity contribution in [2.75, 3.05) is 0 Å². The molecule has 0 aromatic carbocycles. The number of nitrogens with zero attached hydrogens (tertiary/aromatic N) is 3. The number of rotatable bonds is 3. The quantitative estimate of drug-likeness (QED) is 0.333. The normalized spacial score (nSPS) is 35.5. The third-order valence-electron chi connectivity index (χ3n) is 4.93. The molecule has 5 atom stereocenters. The lowest BCUT2D eigenvalue weighted by Gasteiger charge is -2.47. The van der Waals surface area contributed by atoms with Crippen LogP contribution in [-0.4, -0.2) is 32.7 Å². The van der Waals surface area contributed by atoms with Gasteiger partial charge in [0, 0.05) is 4.91 Å². The summed E-state index contributed by atoms with van der Waals surface area (Å²) in [4.78, 5) is 3.03. The summed E-state index contributed by atoms with van der Waals surface area (Å²) in [5.74, 6) is 0.164. The maximum atomic E-state index is 8.86. The summed E-state index contributed by atoms with van der Waals surface area (Å²) in [5.41, 5.74) is 8.86. The Morgan fingerprint density at radius 1 is 1.15 bits per heavy atom. The summed E-state index contributed by atoms with van der Waals surface area (Å²) in [6, 6.07) is -0.159. The smallest absolute Gasteiger partial charge is 0.192 e. The van der Waals surface area contributed by atoms with Crippen LogP contribution < -0.4 is 0 Å². The Bertz CT molecular complexity index is 388. The Labute approximate surface area is 123 Å². The van der Waals surface area contributed by atoms with E-state index in [1.54, 1.807) is 0 Å². The number of hydrogen-bond donors (Lipinski definition) is 0. The monoisotopic (exact) mass is 299 g/mol. The summed E-state index contributed by atoms with van der Waals surface area (Å²) < 4.78 is 12.4. The van der Waals surface area contributed by atoms with Crippen LogP contribution in [0.2, 0.25) is 18.1 Å². The molecule has 0 aromatic heterocycles. The first-order chi connectivity index (χ1) is 9.01. The van der Waals surface area contributed by atoms with Crippen LogP contribution >= 0.6 is 0 Å². The van der Waals surface area contributed by atoms with E-state index in [4.69, 9.17) is 14.7 Å². The van der Waals surface area contributed by atoms with Gasteiger partial charge in [0.05, 0.1) is 24.4 Å². The Kier molecular flexibility index (Phi) is 5.30. The highest BCUT2D eigenvalue weighted by Gasteiger charge is 2.46. The minimum atomic E-state index is -1.92. The first kappa shape index (κ1) is 17.5. The summed E-state index contributed by atoms with van der Waals surface area (Å²) in [6.45, 7) is 17.2. The second kappa shape index (κ2) is 6.06. The zero-order valence-corrected chi connectivity index (χ0v) is 15.0. The molecule has 0 radical (unpaired) electrons. The van der Waals surface area contributed by atoms with E-state index >= 15 is 0 Å². The first-order valence-electron chi connectivity index (χ1n) is 7.38. The molecule has 0 aromatic rings. The molecule has 1 rings (SSSR count). The van der Waals surface area contributed by atoms with E-state index in [0.29, 0.717) is 0 Å². The van der Waals surface area contributed by atoms with Crippen LogP contribution in [0.1, 0.15) is 41.5 Å². The fourth-order valence-corrected chi connectivity index (χ4v) is 3.67. The van der Waals surface area contributed by atoms with Gasteiger partial charge in [-0.1, -0.05) is 32.8 Å². The standard InChI is InChI=1S/C14H29N3O2Si/c1-9-10(2)18-11(3)13(12(9)16-17-15)19-20(7,8)14(4,5)6/h9-13H,1-8H3/t9-,10-,11+,12+,13+/m0/s1. The zero-order chi connectivity index (χ0) is 15.7. The molecule has 0 spiro atoms. The molecule has 1 heterocycles. The molecular weight excluding hydrogens is 270 g/mol. The van der Waals surface area contributed by atoms with Gasteiger partial charge in [-0.3, -0.25) is 0 Å². The van der Waals surface area contributed by atoms with Crippen molar-refractivity contribution in [2.45, 2.75) is 84.0 Å². The van der Waals surface area contributed by atoms with Crippen molar-refractivity contribution in [1.29, 1.82) is 0 Å². The summed E-state index contributed by atoms with van der Waals surface area (Å²) >= 11 is 0. The second-order valence-corrected chi connectivity index (χ2v) is 12.2. The Balaban J connectivity index is 3.03. The molecule has 0 bridgehead atoms. The van der Waals surface area contributed by atoms with Gasteiger partial charge < -0.3 is 9.16 Å². The van der Waals surface area contributed by atoms with Crippen LogP contribution in [0, 0.1) is 5.92 Å². The van der Waals surface area contributed by atoms with Crippen molar-refractivity contribution in [2.24, 2.45) is 11.0 Å². The molecule has 1 saturated heterocycles. The van der Waals surface area contributed by atoms with Gasteiger partial charge in [0.1, 0.15) is 0 Å². The minimum absolute atomic E-state index is 0.0502. The highest BCUT2D eigenvalue weighted by molar-refractivity contribution is 6.74. The SMILES string of the molecule is C[C@@H]1[C@@H](N=[N+]=[N-])[C@H](O[Si](C)(C)C(C)(C)C)[C@@H](C)O[C@H]1C. The zero-order valence-electron chi connectivity index (χ0n) is 14.0. The molecule has 6 heteroatoms. The van der Waals surface area contributed by atoms with Crippen molar-refractivity contribution in [3.05, 3.63) is 10.4 Å². The summed E-state index contributed by atoms with van der Waals surface area (Å²) in [5, 5.41) is 4.14. The highest BCUT2D eigenvalue weighted by Crippen LogP contribution is 2.40. The third-order valence-corrected chi connectivity index (χ3v) is 9.40. The van der Waals surface area contributed by atoms with Crippen molar-refractivity contribution in [3.63, 3.8) is 0 Å². The molecule has 1 aliphatic rings. The molecule has 0 aliphatic carbocycles. The molecule has 0 saturated carbocycles. The van der Waals surface area contributed by atoms with Gasteiger partial charge in [-0.25, -0.2) is 0 Å². The molecule has 0 N–H and O–H groups in total.